The summed E-state index contributed by atoms with van der Waals surface area (Å²) in [5.41, 5.74) is 7.23. The van der Waals surface area contributed by atoms with Gasteiger partial charge in [-0.3, -0.25) is 4.79 Å². The number of nitrogens with one attached hydrogen (secondary N) is 2. The van der Waals surface area contributed by atoms with Gasteiger partial charge in [-0.15, -0.1) is 0 Å². The first-order valence-electron chi connectivity index (χ1n) is 6.26. The number of nitrogens with zero attached hydrogens (tertiary/aromatic N) is 2. The van der Waals surface area contributed by atoms with E-state index in [1.165, 1.54) is 6.33 Å². The Morgan fingerprint density at radius 2 is 2.32 bits per heavy atom. The molecule has 1 aromatic heterocycles. The van der Waals surface area contributed by atoms with Gasteiger partial charge in [0, 0.05) is 30.1 Å². The van der Waals surface area contributed by atoms with Crippen molar-refractivity contribution >= 4 is 28.3 Å². The highest BCUT2D eigenvalue weighted by Gasteiger charge is 2.20. The summed E-state index contributed by atoms with van der Waals surface area (Å²) in [4.78, 5) is 19.6. The van der Waals surface area contributed by atoms with Crippen molar-refractivity contribution in [3.8, 4) is 0 Å². The SMILES string of the molecule is Nc1ccc2c(NCC3CCC(=O)N3)ncnc2c1. The third-order valence-corrected chi connectivity index (χ3v) is 3.26. The van der Waals surface area contributed by atoms with Crippen LogP contribution in [0.15, 0.2) is 24.5 Å². The van der Waals surface area contributed by atoms with E-state index in [1.54, 1.807) is 0 Å². The highest BCUT2D eigenvalue weighted by Crippen LogP contribution is 2.21. The lowest BCUT2D eigenvalue weighted by Gasteiger charge is -2.13. The maximum Gasteiger partial charge on any atom is 0.220 e. The van der Waals surface area contributed by atoms with Crippen molar-refractivity contribution < 1.29 is 4.79 Å². The van der Waals surface area contributed by atoms with Crippen LogP contribution < -0.4 is 16.4 Å². The first-order chi connectivity index (χ1) is 9.22. The molecule has 0 radical (unpaired) electrons. The fraction of sp³-hybridized carbons (Fsp3) is 0.308. The predicted molar refractivity (Wildman–Crippen MR) is 73.6 cm³/mol. The molecule has 6 nitrogen and oxygen atoms in total. The minimum Gasteiger partial charge on any atom is -0.399 e. The molecule has 2 aromatic rings. The zero-order valence-corrected chi connectivity index (χ0v) is 10.4. The number of hydrogen-bond donors (Lipinski definition) is 3. The summed E-state index contributed by atoms with van der Waals surface area (Å²) >= 11 is 0. The van der Waals surface area contributed by atoms with Gasteiger partial charge in [0.1, 0.15) is 12.1 Å². The molecular weight excluding hydrogens is 242 g/mol. The van der Waals surface area contributed by atoms with Crippen LogP contribution in [0.25, 0.3) is 10.9 Å². The first kappa shape index (κ1) is 11.7. The van der Waals surface area contributed by atoms with Crippen LogP contribution in [-0.2, 0) is 4.79 Å². The van der Waals surface area contributed by atoms with Crippen LogP contribution in [0, 0.1) is 0 Å². The van der Waals surface area contributed by atoms with Crippen LogP contribution in [0.1, 0.15) is 12.8 Å². The molecule has 0 aliphatic carbocycles. The number of carbonyl (C=O) groups excluding carboxylic acids is 1. The molecule has 3 rings (SSSR count). The van der Waals surface area contributed by atoms with E-state index >= 15 is 0 Å². The fourth-order valence-corrected chi connectivity index (χ4v) is 2.27. The molecule has 0 saturated carbocycles. The molecule has 0 bridgehead atoms. The Kier molecular flexibility index (Phi) is 2.91. The highest BCUT2D eigenvalue weighted by molar-refractivity contribution is 5.90. The molecule has 19 heavy (non-hydrogen) atoms. The Morgan fingerprint density at radius 3 is 3.11 bits per heavy atom. The van der Waals surface area contributed by atoms with E-state index in [1.807, 2.05) is 18.2 Å². The van der Waals surface area contributed by atoms with Gasteiger partial charge in [0.05, 0.1) is 5.52 Å². The van der Waals surface area contributed by atoms with E-state index in [9.17, 15) is 4.79 Å². The van der Waals surface area contributed by atoms with Crippen molar-refractivity contribution in [1.82, 2.24) is 15.3 Å². The van der Waals surface area contributed by atoms with Gasteiger partial charge in [-0.1, -0.05) is 0 Å². The second-order valence-corrected chi connectivity index (χ2v) is 4.68. The smallest absolute Gasteiger partial charge is 0.220 e. The lowest BCUT2D eigenvalue weighted by molar-refractivity contribution is -0.119. The molecule has 1 atom stereocenters. The Morgan fingerprint density at radius 1 is 1.42 bits per heavy atom. The normalized spacial score (nSPS) is 18.5. The van der Waals surface area contributed by atoms with Gasteiger partial charge in [-0.25, -0.2) is 9.97 Å². The van der Waals surface area contributed by atoms with Crippen molar-refractivity contribution in [2.75, 3.05) is 17.6 Å². The zero-order chi connectivity index (χ0) is 13.2. The maximum absolute atomic E-state index is 11.1. The number of hydrogen-bond acceptors (Lipinski definition) is 5. The highest BCUT2D eigenvalue weighted by atomic mass is 16.1. The van der Waals surface area contributed by atoms with Crippen LogP contribution in [0.4, 0.5) is 11.5 Å². The monoisotopic (exact) mass is 257 g/mol. The molecular formula is C13H15N5O. The second kappa shape index (κ2) is 4.72. The number of nitrogen functional groups attached to an aromatic ring is 1. The number of amides is 1. The summed E-state index contributed by atoms with van der Waals surface area (Å²) in [5, 5.41) is 7.11. The third-order valence-electron chi connectivity index (χ3n) is 3.26. The van der Waals surface area contributed by atoms with Gasteiger partial charge in [-0.2, -0.15) is 0 Å². The Balaban J connectivity index is 1.79. The van der Waals surface area contributed by atoms with Crippen LogP contribution in [0.2, 0.25) is 0 Å². The summed E-state index contributed by atoms with van der Waals surface area (Å²) in [6, 6.07) is 5.72. The van der Waals surface area contributed by atoms with E-state index in [0.29, 0.717) is 18.7 Å². The molecule has 2 heterocycles. The Labute approximate surface area is 110 Å². The van der Waals surface area contributed by atoms with Gasteiger partial charge in [0.15, 0.2) is 0 Å². The number of fused-ring (bicyclic) bond motifs is 1. The molecule has 1 unspecified atom stereocenters. The Bertz CT molecular complexity index is 627. The average Bonchev–Trinajstić information content (AvgIpc) is 2.81. The summed E-state index contributed by atoms with van der Waals surface area (Å²) in [5.74, 6) is 0.887. The van der Waals surface area contributed by atoms with Crippen molar-refractivity contribution in [1.29, 1.82) is 0 Å². The van der Waals surface area contributed by atoms with Crippen LogP contribution in [0.3, 0.4) is 0 Å². The lowest BCUT2D eigenvalue weighted by atomic mass is 10.2. The molecule has 1 aromatic carbocycles. The Hall–Kier alpha value is -2.37. The van der Waals surface area contributed by atoms with Crippen molar-refractivity contribution in [2.24, 2.45) is 0 Å². The summed E-state index contributed by atoms with van der Waals surface area (Å²) in [6.07, 6.45) is 2.98. The number of anilines is 2. The first-order valence-corrected chi connectivity index (χ1v) is 6.26. The van der Waals surface area contributed by atoms with Gasteiger partial charge >= 0.3 is 0 Å². The predicted octanol–water partition coefficient (Wildman–Crippen LogP) is 0.902. The quantitative estimate of drug-likeness (QED) is 0.710. The molecule has 1 aliphatic heterocycles. The molecule has 1 aliphatic rings. The largest absolute Gasteiger partial charge is 0.399 e. The number of carbonyl (C=O) groups is 1. The van der Waals surface area contributed by atoms with E-state index in [2.05, 4.69) is 20.6 Å². The third kappa shape index (κ3) is 2.42. The minimum absolute atomic E-state index is 0.118. The summed E-state index contributed by atoms with van der Waals surface area (Å²) in [6.45, 7) is 0.669. The second-order valence-electron chi connectivity index (χ2n) is 4.68. The van der Waals surface area contributed by atoms with E-state index in [4.69, 9.17) is 5.73 Å². The summed E-state index contributed by atoms with van der Waals surface area (Å²) < 4.78 is 0. The zero-order valence-electron chi connectivity index (χ0n) is 10.4. The number of benzene rings is 1. The van der Waals surface area contributed by atoms with Crippen LogP contribution in [0.5, 0.6) is 0 Å². The molecule has 98 valence electrons. The summed E-state index contributed by atoms with van der Waals surface area (Å²) in [7, 11) is 0. The van der Waals surface area contributed by atoms with Crippen molar-refractivity contribution in [3.05, 3.63) is 24.5 Å². The van der Waals surface area contributed by atoms with Gasteiger partial charge < -0.3 is 16.4 Å². The molecule has 1 amide bonds. The molecule has 0 spiro atoms. The number of nitrogens with two attached hydrogens (primary N) is 1. The number of aromatic nitrogens is 2. The van der Waals surface area contributed by atoms with E-state index < -0.39 is 0 Å². The van der Waals surface area contributed by atoms with Gasteiger partial charge in [-0.05, 0) is 24.6 Å². The average molecular weight is 257 g/mol. The van der Waals surface area contributed by atoms with Crippen molar-refractivity contribution in [2.45, 2.75) is 18.9 Å². The minimum atomic E-state index is 0.118. The molecule has 6 heteroatoms. The molecule has 4 N–H and O–H groups in total. The van der Waals surface area contributed by atoms with E-state index in [0.717, 1.165) is 23.1 Å². The number of rotatable bonds is 3. The fourth-order valence-electron chi connectivity index (χ4n) is 2.27. The topological polar surface area (TPSA) is 92.9 Å². The van der Waals surface area contributed by atoms with Crippen LogP contribution in [-0.4, -0.2) is 28.5 Å². The standard InChI is InChI=1S/C13H15N5O/c14-8-1-3-10-11(5-8)16-7-17-13(10)15-6-9-2-4-12(19)18-9/h1,3,5,7,9H,2,4,6,14H2,(H,18,19)(H,15,16,17). The molecule has 1 saturated heterocycles. The van der Waals surface area contributed by atoms with Gasteiger partial charge in [0.2, 0.25) is 5.91 Å². The lowest BCUT2D eigenvalue weighted by Crippen LogP contribution is -2.32. The van der Waals surface area contributed by atoms with E-state index in [-0.39, 0.29) is 11.9 Å². The van der Waals surface area contributed by atoms with Crippen LogP contribution >= 0.6 is 0 Å². The molecule has 1 fully saturated rings. The maximum atomic E-state index is 11.1. The van der Waals surface area contributed by atoms with Crippen molar-refractivity contribution in [3.63, 3.8) is 0 Å². The van der Waals surface area contributed by atoms with Gasteiger partial charge in [0.25, 0.3) is 0 Å².